The highest BCUT2D eigenvalue weighted by Crippen LogP contribution is 2.09. The Labute approximate surface area is 107 Å². The first kappa shape index (κ1) is 14.2. The van der Waals surface area contributed by atoms with Crippen LogP contribution < -0.4 is 4.72 Å². The van der Waals surface area contributed by atoms with E-state index >= 15 is 0 Å². The van der Waals surface area contributed by atoms with Crippen molar-refractivity contribution in [2.75, 3.05) is 6.61 Å². The minimum atomic E-state index is -3.86. The third-order valence-corrected chi connectivity index (χ3v) is 3.42. The number of ether oxygens (including phenoxy) is 1. The van der Waals surface area contributed by atoms with Gasteiger partial charge in [-0.1, -0.05) is 29.8 Å². The van der Waals surface area contributed by atoms with Crippen molar-refractivity contribution in [2.45, 2.75) is 18.7 Å². The van der Waals surface area contributed by atoms with E-state index < -0.39 is 16.1 Å². The lowest BCUT2D eigenvalue weighted by atomic mass is 10.2. The number of carbonyl (C=O) groups excluding carboxylic acids is 1. The fourth-order valence-corrected chi connectivity index (χ4v) is 2.03. The summed E-state index contributed by atoms with van der Waals surface area (Å²) in [6.45, 7) is 3.64. The summed E-state index contributed by atoms with van der Waals surface area (Å²) in [4.78, 5) is 11.3. The molecule has 0 fully saturated rings. The average molecular weight is 269 g/mol. The summed E-state index contributed by atoms with van der Waals surface area (Å²) in [5.41, 5.74) is 0.935. The first-order valence-corrected chi connectivity index (χ1v) is 6.81. The van der Waals surface area contributed by atoms with E-state index in [0.29, 0.717) is 0 Å². The lowest BCUT2D eigenvalue weighted by Crippen LogP contribution is -2.31. The summed E-state index contributed by atoms with van der Waals surface area (Å²) in [6.07, 6.45) is 2.30. The summed E-state index contributed by atoms with van der Waals surface area (Å²) in [5.74, 6) is 0. The monoisotopic (exact) mass is 269 g/mol. The van der Waals surface area contributed by atoms with Gasteiger partial charge in [0.25, 0.3) is 10.0 Å². The summed E-state index contributed by atoms with van der Waals surface area (Å²) in [7, 11) is -3.86. The molecule has 1 amide bonds. The molecule has 0 bridgehead atoms. The van der Waals surface area contributed by atoms with Crippen LogP contribution in [0.5, 0.6) is 0 Å². The molecule has 1 N–H and O–H groups in total. The zero-order valence-electron chi connectivity index (χ0n) is 10.2. The Balaban J connectivity index is 2.70. The number of carbonyl (C=O) groups is 1. The van der Waals surface area contributed by atoms with Crippen LogP contribution in [0.1, 0.15) is 12.5 Å². The first-order chi connectivity index (χ1) is 8.45. The minimum Gasteiger partial charge on any atom is -0.445 e. The molecule has 0 aromatic heterocycles. The number of nitrogens with one attached hydrogen (secondary N) is 1. The van der Waals surface area contributed by atoms with Crippen LogP contribution in [0.15, 0.2) is 41.3 Å². The summed E-state index contributed by atoms with van der Waals surface area (Å²) in [6, 6.07) is 6.16. The number of hydrogen-bond acceptors (Lipinski definition) is 4. The molecule has 0 atom stereocenters. The van der Waals surface area contributed by atoms with E-state index in [1.807, 2.05) is 11.6 Å². The first-order valence-electron chi connectivity index (χ1n) is 5.33. The van der Waals surface area contributed by atoms with Gasteiger partial charge in [-0.25, -0.2) is 17.9 Å². The van der Waals surface area contributed by atoms with E-state index in [4.69, 9.17) is 0 Å². The van der Waals surface area contributed by atoms with Gasteiger partial charge < -0.3 is 4.74 Å². The second-order valence-electron chi connectivity index (χ2n) is 3.59. The van der Waals surface area contributed by atoms with Crippen molar-refractivity contribution >= 4 is 16.1 Å². The van der Waals surface area contributed by atoms with Crippen LogP contribution in [0.3, 0.4) is 0 Å². The van der Waals surface area contributed by atoms with Crippen LogP contribution >= 0.6 is 0 Å². The van der Waals surface area contributed by atoms with Crippen molar-refractivity contribution < 1.29 is 17.9 Å². The Morgan fingerprint density at radius 1 is 1.33 bits per heavy atom. The minimum absolute atomic E-state index is 0.0242. The van der Waals surface area contributed by atoms with E-state index in [9.17, 15) is 13.2 Å². The number of amides is 1. The van der Waals surface area contributed by atoms with E-state index in [0.717, 1.165) is 5.56 Å². The van der Waals surface area contributed by atoms with Crippen molar-refractivity contribution in [2.24, 2.45) is 0 Å². The topological polar surface area (TPSA) is 72.5 Å². The fourth-order valence-electron chi connectivity index (χ4n) is 1.14. The van der Waals surface area contributed by atoms with Gasteiger partial charge in [0, 0.05) is 0 Å². The third-order valence-electron chi connectivity index (χ3n) is 2.10. The second-order valence-corrected chi connectivity index (χ2v) is 5.27. The summed E-state index contributed by atoms with van der Waals surface area (Å²) in [5, 5.41) is 0. The van der Waals surface area contributed by atoms with Crippen molar-refractivity contribution in [1.82, 2.24) is 4.72 Å². The number of sulfonamides is 1. The van der Waals surface area contributed by atoms with E-state index in [1.165, 1.54) is 12.1 Å². The van der Waals surface area contributed by atoms with Crippen LogP contribution in [-0.4, -0.2) is 21.1 Å². The molecule has 0 aliphatic heterocycles. The largest absolute Gasteiger partial charge is 0.445 e. The van der Waals surface area contributed by atoms with Gasteiger partial charge in [-0.05, 0) is 26.0 Å². The molecule has 0 spiro atoms. The standard InChI is InChI=1S/C12H15NO4S/c1-3-4-9-17-12(14)13-18(15,16)11-7-5-10(2)6-8-11/h3-8H,9H2,1-2H3,(H,13,14)/b4-3+. The third kappa shape index (κ3) is 4.21. The Bertz CT molecular complexity index is 532. The Hall–Kier alpha value is -1.82. The lowest BCUT2D eigenvalue weighted by molar-refractivity contribution is 0.165. The van der Waals surface area contributed by atoms with Crippen molar-refractivity contribution in [1.29, 1.82) is 0 Å². The maximum absolute atomic E-state index is 11.8. The van der Waals surface area contributed by atoms with Gasteiger partial charge >= 0.3 is 6.09 Å². The molecule has 0 heterocycles. The zero-order chi connectivity index (χ0) is 13.6. The Morgan fingerprint density at radius 2 is 1.94 bits per heavy atom. The van der Waals surface area contributed by atoms with Crippen LogP contribution in [0.25, 0.3) is 0 Å². The molecule has 0 saturated carbocycles. The van der Waals surface area contributed by atoms with E-state index in [2.05, 4.69) is 4.74 Å². The molecule has 0 radical (unpaired) electrons. The highest BCUT2D eigenvalue weighted by molar-refractivity contribution is 7.90. The fraction of sp³-hybridized carbons (Fsp3) is 0.250. The lowest BCUT2D eigenvalue weighted by Gasteiger charge is -2.06. The predicted molar refractivity (Wildman–Crippen MR) is 67.7 cm³/mol. The number of hydrogen-bond donors (Lipinski definition) is 1. The number of benzene rings is 1. The van der Waals surface area contributed by atoms with Crippen LogP contribution in [0.4, 0.5) is 4.79 Å². The maximum Gasteiger partial charge on any atom is 0.421 e. The van der Waals surface area contributed by atoms with Gasteiger partial charge in [0.15, 0.2) is 0 Å². The van der Waals surface area contributed by atoms with E-state index in [-0.39, 0.29) is 11.5 Å². The quantitative estimate of drug-likeness (QED) is 0.848. The molecule has 0 saturated heterocycles. The van der Waals surface area contributed by atoms with Crippen molar-refractivity contribution in [3.05, 3.63) is 42.0 Å². The molecule has 0 aliphatic carbocycles. The van der Waals surface area contributed by atoms with Gasteiger partial charge in [0.1, 0.15) is 6.61 Å². The van der Waals surface area contributed by atoms with Crippen LogP contribution in [0, 0.1) is 6.92 Å². The van der Waals surface area contributed by atoms with Gasteiger partial charge in [-0.3, -0.25) is 0 Å². The molecule has 98 valence electrons. The van der Waals surface area contributed by atoms with Crippen molar-refractivity contribution in [3.8, 4) is 0 Å². The second kappa shape index (κ2) is 6.20. The molecule has 1 rings (SSSR count). The average Bonchev–Trinajstić information content (AvgIpc) is 2.29. The SMILES string of the molecule is C/C=C/COC(=O)NS(=O)(=O)c1ccc(C)cc1. The highest BCUT2D eigenvalue weighted by Gasteiger charge is 2.17. The van der Waals surface area contributed by atoms with Gasteiger partial charge in [0.2, 0.25) is 0 Å². The molecule has 5 nitrogen and oxygen atoms in total. The Morgan fingerprint density at radius 3 is 2.50 bits per heavy atom. The van der Waals surface area contributed by atoms with Crippen molar-refractivity contribution in [3.63, 3.8) is 0 Å². The van der Waals surface area contributed by atoms with Crippen LogP contribution in [0.2, 0.25) is 0 Å². The number of rotatable bonds is 4. The summed E-state index contributed by atoms with van der Waals surface area (Å²) >= 11 is 0. The summed E-state index contributed by atoms with van der Waals surface area (Å²) < 4.78 is 30.0. The van der Waals surface area contributed by atoms with Crippen LogP contribution in [-0.2, 0) is 14.8 Å². The molecule has 18 heavy (non-hydrogen) atoms. The Kier molecular flexibility index (Phi) is 4.91. The molecule has 6 heteroatoms. The molecule has 0 aliphatic rings. The smallest absolute Gasteiger partial charge is 0.421 e. The maximum atomic E-state index is 11.8. The van der Waals surface area contributed by atoms with Gasteiger partial charge in [-0.2, -0.15) is 0 Å². The normalized spacial score (nSPS) is 11.4. The highest BCUT2D eigenvalue weighted by atomic mass is 32.2. The molecule has 1 aromatic rings. The van der Waals surface area contributed by atoms with Gasteiger partial charge in [-0.15, -0.1) is 0 Å². The number of aryl methyl sites for hydroxylation is 1. The predicted octanol–water partition coefficient (Wildman–Crippen LogP) is 1.99. The molecule has 1 aromatic carbocycles. The molecular weight excluding hydrogens is 254 g/mol. The molecule has 0 unspecified atom stereocenters. The number of allylic oxidation sites excluding steroid dienone is 1. The van der Waals surface area contributed by atoms with Gasteiger partial charge in [0.05, 0.1) is 4.90 Å². The molecular formula is C12H15NO4S. The zero-order valence-corrected chi connectivity index (χ0v) is 11.0. The van der Waals surface area contributed by atoms with E-state index in [1.54, 1.807) is 31.2 Å².